The van der Waals surface area contributed by atoms with Crippen molar-refractivity contribution in [2.24, 2.45) is 17.4 Å². The molecule has 127 heavy (non-hydrogen) atoms. The molecule has 0 radical (unpaired) electrons. The number of aliphatic hydroxyl groups excluding tert-OH is 6. The molecular weight excluding hydrogens is 1700 g/mol. The minimum atomic E-state index is -2.40. The number of carboxylic acid groups (broad SMARTS) is 1. The van der Waals surface area contributed by atoms with Gasteiger partial charge < -0.3 is 152 Å². The summed E-state index contributed by atoms with van der Waals surface area (Å²) in [6.45, 7) is 8.99. The molecule has 0 saturated carbocycles. The van der Waals surface area contributed by atoms with Crippen molar-refractivity contribution in [3.63, 3.8) is 0 Å². The number of nitrogens with two attached hydrogens (primary N) is 2. The lowest BCUT2D eigenvalue weighted by Gasteiger charge is -2.48. The summed E-state index contributed by atoms with van der Waals surface area (Å²) in [7, 11) is 3.02. The number of aliphatic hydroxyl groups is 6. The van der Waals surface area contributed by atoms with Gasteiger partial charge in [-0.1, -0.05) is 67.4 Å². The van der Waals surface area contributed by atoms with E-state index in [2.05, 4.69) is 42.5 Å². The van der Waals surface area contributed by atoms with Crippen LogP contribution in [0.2, 0.25) is 10.0 Å². The topological polar surface area (TPSA) is 579 Å². The van der Waals surface area contributed by atoms with E-state index in [1.165, 1.54) is 51.2 Å². The molecule has 7 aromatic rings. The lowest BCUT2D eigenvalue weighted by atomic mass is 9.84. The Morgan fingerprint density at radius 1 is 0.638 bits per heavy atom. The molecule has 11 bridgehead atoms. The largest absolute Gasteiger partial charge is 0.508 e. The number of ether oxygens (including phenoxy) is 10. The van der Waals surface area contributed by atoms with Gasteiger partial charge in [0.25, 0.3) is 0 Å². The highest BCUT2D eigenvalue weighted by Gasteiger charge is 2.53. The second kappa shape index (κ2) is 38.7. The van der Waals surface area contributed by atoms with E-state index in [-0.39, 0.29) is 59.2 Å². The molecule has 7 amide bonds. The summed E-state index contributed by atoms with van der Waals surface area (Å²) in [6, 6.07) is 13.6. The van der Waals surface area contributed by atoms with Crippen molar-refractivity contribution in [2.75, 3.05) is 20.8 Å². The summed E-state index contributed by atoms with van der Waals surface area (Å²) < 4.78 is 64.2. The molecule has 0 aliphatic carbocycles. The molecular formula is C87H100Cl2N10O28. The summed E-state index contributed by atoms with van der Waals surface area (Å²) in [4.78, 5) is 121. The number of phenolic OH excluding ortho intramolecular Hbond substituents is 3. The van der Waals surface area contributed by atoms with E-state index in [0.717, 1.165) is 54.1 Å². The van der Waals surface area contributed by atoms with Crippen LogP contribution in [0.4, 0.5) is 0 Å². The van der Waals surface area contributed by atoms with Crippen molar-refractivity contribution in [1.82, 2.24) is 42.5 Å². The lowest BCUT2D eigenvalue weighted by Crippen LogP contribution is -2.65. The summed E-state index contributed by atoms with van der Waals surface area (Å²) in [5.74, 6) is -14.5. The first kappa shape index (κ1) is 93.4. The maximum atomic E-state index is 16.6. The highest BCUT2D eigenvalue weighted by atomic mass is 35.5. The first-order valence-corrected chi connectivity index (χ1v) is 41.4. The molecule has 40 heteroatoms. The van der Waals surface area contributed by atoms with Gasteiger partial charge in [0.15, 0.2) is 36.2 Å². The number of carbonyl (C=O) groups is 8. The van der Waals surface area contributed by atoms with E-state index in [1.54, 1.807) is 57.4 Å². The molecule has 8 aliphatic heterocycles. The Bertz CT molecular complexity index is 5290. The number of rotatable bonds is 21. The fourth-order valence-electron chi connectivity index (χ4n) is 16.2. The molecule has 15 rings (SSSR count). The average Bonchev–Trinajstić information content (AvgIpc) is 0.762. The van der Waals surface area contributed by atoms with Gasteiger partial charge in [-0.2, -0.15) is 0 Å². The van der Waals surface area contributed by atoms with Crippen LogP contribution in [0.25, 0.3) is 11.1 Å². The van der Waals surface area contributed by atoms with E-state index < -0.39 is 261 Å². The van der Waals surface area contributed by atoms with Crippen LogP contribution in [-0.4, -0.2) is 222 Å². The standard InChI is InChI=1S/C87H100Cl2N10O28/c1-36(2)23-52(92-7)78(110)98-68-70(105)41-12-21-56(50(88)25-41)122-58-27-43-28-59(74(58)127-85-75(72(107)71(106)60(35-100)124-85)126-63-33-87(6,77(109)38(4)120-63)93-34-39-9-14-46(15-10-39)121-47-18-16-45(118-8)17-19-47)123-57-22-13-42(26-51(57)89)73(125-62-32-86(5,91)76(108)37(3)119-62)69-83(115)97-67(84(116)117)49-29-44(101)30-55(103)64(49)48-24-40(11-20-54(48)102)65(80(112)99-69)96-81(113)66(43)95-79(111)53(31-61(90)104)94-82(68)114/h9-22,24-30,36-38,52-53,60,62-63,65-73,75-77,85,92-93,100-103,105-109H,23,31-35,91H2,1-8H3,(H2,90,104)(H,94,114)(H,95,111)(H,96,113)(H,97,115)(H,98,110)(H,99,112)(H,116,117)/t37-,38-,52+,53-,60+,62-,63-,65+,66+,67+,68+,69-,70+,71+,72-,73+,75+,76+,77+,85-,86-,87-/m0/s1. The molecule has 22 N–H and O–H groups in total. The third-order valence-corrected chi connectivity index (χ3v) is 23.6. The van der Waals surface area contributed by atoms with Gasteiger partial charge in [0.05, 0.1) is 60.6 Å². The summed E-state index contributed by atoms with van der Waals surface area (Å²) in [5, 5.41) is 138. The maximum Gasteiger partial charge on any atom is 0.330 e. The average molecular weight is 1800 g/mol. The van der Waals surface area contributed by atoms with E-state index >= 15 is 24.0 Å². The molecule has 22 atom stereocenters. The minimum Gasteiger partial charge on any atom is -0.508 e. The summed E-state index contributed by atoms with van der Waals surface area (Å²) in [6.07, 6.45) is -23.1. The fourth-order valence-corrected chi connectivity index (χ4v) is 16.6. The number of nitrogens with one attached hydrogen (secondary N) is 8. The van der Waals surface area contributed by atoms with Crippen LogP contribution in [-0.2, 0) is 68.6 Å². The molecule has 8 aliphatic rings. The van der Waals surface area contributed by atoms with Gasteiger partial charge in [0.2, 0.25) is 53.4 Å². The number of amides is 7. The van der Waals surface area contributed by atoms with E-state index in [9.17, 15) is 65.4 Å². The van der Waals surface area contributed by atoms with Gasteiger partial charge in [0.1, 0.15) is 107 Å². The number of hydrogen-bond acceptors (Lipinski definition) is 30. The molecule has 38 nitrogen and oxygen atoms in total. The number of phenols is 3. The number of carbonyl (C=O) groups excluding carboxylic acids is 7. The maximum absolute atomic E-state index is 16.6. The third-order valence-electron chi connectivity index (χ3n) is 23.0. The van der Waals surface area contributed by atoms with Crippen molar-refractivity contribution < 1.29 is 137 Å². The van der Waals surface area contributed by atoms with Gasteiger partial charge in [-0.15, -0.1) is 0 Å². The number of fused-ring (bicyclic) bond motifs is 15. The second-order valence-electron chi connectivity index (χ2n) is 32.9. The monoisotopic (exact) mass is 1800 g/mol. The number of halogens is 2. The Kier molecular flexibility index (Phi) is 28.5. The minimum absolute atomic E-state index is 0.122. The quantitative estimate of drug-likeness (QED) is 0.0484. The molecule has 3 fully saturated rings. The second-order valence-corrected chi connectivity index (χ2v) is 33.8. The smallest absolute Gasteiger partial charge is 0.330 e. The Morgan fingerprint density at radius 2 is 1.23 bits per heavy atom. The number of aliphatic carboxylic acids is 1. The number of methoxy groups -OCH3 is 1. The van der Waals surface area contributed by atoms with E-state index in [0.29, 0.717) is 17.2 Å². The van der Waals surface area contributed by atoms with Crippen LogP contribution in [0.5, 0.6) is 63.2 Å². The Morgan fingerprint density at radius 3 is 1.83 bits per heavy atom. The highest BCUT2D eigenvalue weighted by Crippen LogP contribution is 2.51. The number of carboxylic acids is 1. The van der Waals surface area contributed by atoms with Gasteiger partial charge in [-0.25, -0.2) is 4.79 Å². The number of hydrogen-bond donors (Lipinski definition) is 20. The first-order valence-electron chi connectivity index (χ1n) is 40.6. The van der Waals surface area contributed by atoms with Crippen LogP contribution in [0.1, 0.15) is 131 Å². The number of primary amides is 1. The van der Waals surface area contributed by atoms with Crippen LogP contribution in [0.15, 0.2) is 127 Å². The fraction of sp³-hybridized carbons (Fsp3) is 0.425. The SMILES string of the molecule is CN[C@H](CC(C)C)C(=O)N[C@H]1C(=O)N[C@@H](CC(N)=O)C(=O)N[C@H]2C(=O)N[C@H]3C(=O)N[C@H](C(=O)N[C@@H](C(=O)O)c4cc(O)cc(O)c4-c4cc3ccc4O)[C@H](O[C@H]3C[C@](C)(N)[C@H](O)[C@H](C)O3)c3ccc(c(Cl)c3)Oc3cc2cc(c3O[C@@H]2O[C@H](CO)[C@@H](O)[C@H](O)[C@H]2O[C@H]2C[C@](C)(NCc3ccc(Oc4ccc(OC)cc4)cc3)[C@H](O)[C@H](C)O2)Oc2ccc(cc2Cl)[C@H]1O. The Balaban J connectivity index is 1.00. The Labute approximate surface area is 736 Å². The molecule has 0 unspecified atom stereocenters. The van der Waals surface area contributed by atoms with Crippen molar-refractivity contribution in [2.45, 2.75) is 207 Å². The zero-order chi connectivity index (χ0) is 91.7. The zero-order valence-electron chi connectivity index (χ0n) is 69.7. The van der Waals surface area contributed by atoms with Gasteiger partial charge in [-0.05, 0) is 166 Å². The van der Waals surface area contributed by atoms with Crippen molar-refractivity contribution in [3.05, 3.63) is 171 Å². The van der Waals surface area contributed by atoms with Crippen molar-refractivity contribution in [3.8, 4) is 74.4 Å². The van der Waals surface area contributed by atoms with E-state index in [4.69, 9.17) is 82.0 Å². The number of benzene rings is 7. The van der Waals surface area contributed by atoms with Crippen LogP contribution < -0.4 is 77.7 Å². The van der Waals surface area contributed by atoms with Gasteiger partial charge >= 0.3 is 5.97 Å². The zero-order valence-corrected chi connectivity index (χ0v) is 71.2. The first-order chi connectivity index (χ1) is 60.2. The van der Waals surface area contributed by atoms with Gasteiger partial charge in [-0.3, -0.25) is 33.6 Å². The van der Waals surface area contributed by atoms with E-state index in [1.807, 2.05) is 26.0 Å². The molecule has 0 aromatic heterocycles. The summed E-state index contributed by atoms with van der Waals surface area (Å²) >= 11 is 14.7. The van der Waals surface area contributed by atoms with Gasteiger partial charge in [0, 0.05) is 53.2 Å². The third kappa shape index (κ3) is 20.6. The normalized spacial score (nSPS) is 29.4. The molecule has 7 aromatic carbocycles. The lowest BCUT2D eigenvalue weighted by molar-refractivity contribution is -0.334. The van der Waals surface area contributed by atoms with Crippen molar-refractivity contribution >= 4 is 70.5 Å². The number of aromatic hydroxyl groups is 3. The molecule has 680 valence electrons. The van der Waals surface area contributed by atoms with Crippen molar-refractivity contribution in [1.29, 1.82) is 0 Å². The Hall–Kier alpha value is -11.3. The highest BCUT2D eigenvalue weighted by molar-refractivity contribution is 6.32. The van der Waals surface area contributed by atoms with Crippen LogP contribution >= 0.6 is 23.2 Å². The molecule has 8 heterocycles. The predicted octanol–water partition coefficient (Wildman–Crippen LogP) is 3.98. The predicted molar refractivity (Wildman–Crippen MR) is 448 cm³/mol. The summed E-state index contributed by atoms with van der Waals surface area (Å²) in [5.41, 5.74) is 7.68. The molecule has 3 saturated heterocycles. The number of likely N-dealkylation sites (N-methyl/N-ethyl adjacent to an activating group) is 1. The van der Waals surface area contributed by atoms with Crippen LogP contribution in [0.3, 0.4) is 0 Å². The van der Waals surface area contributed by atoms with Crippen LogP contribution in [0, 0.1) is 5.92 Å². The molecule has 0 spiro atoms.